The van der Waals surface area contributed by atoms with Crippen molar-refractivity contribution in [3.8, 4) is 0 Å². The van der Waals surface area contributed by atoms with E-state index in [-0.39, 0.29) is 10.6 Å². The highest BCUT2D eigenvalue weighted by molar-refractivity contribution is 7.85. The summed E-state index contributed by atoms with van der Waals surface area (Å²) in [6, 6.07) is 8.34. The number of nitrogens with two attached hydrogens (primary N) is 1. The molecule has 2 aromatic carbocycles. The Morgan fingerprint density at radius 1 is 1.10 bits per heavy atom. The summed E-state index contributed by atoms with van der Waals surface area (Å²) < 4.78 is 38.6. The molecule has 0 saturated heterocycles. The molecule has 21 heavy (non-hydrogen) atoms. The van der Waals surface area contributed by atoms with Crippen LogP contribution < -0.4 is 5.73 Å². The Morgan fingerprint density at radius 2 is 1.81 bits per heavy atom. The topological polar surface area (TPSA) is 43.1 Å². The van der Waals surface area contributed by atoms with Crippen LogP contribution in [0.1, 0.15) is 22.7 Å². The first-order valence-electron chi connectivity index (χ1n) is 6.54. The Balaban J connectivity index is 2.16. The number of rotatable bonds is 4. The van der Waals surface area contributed by atoms with Gasteiger partial charge in [-0.1, -0.05) is 18.2 Å². The average Bonchev–Trinajstić information content (AvgIpc) is 2.41. The van der Waals surface area contributed by atoms with Crippen LogP contribution in [0.5, 0.6) is 0 Å². The second-order valence-corrected chi connectivity index (χ2v) is 6.50. The average molecular weight is 309 g/mol. The van der Waals surface area contributed by atoms with Gasteiger partial charge in [-0.25, -0.2) is 8.78 Å². The van der Waals surface area contributed by atoms with Crippen LogP contribution in [0.25, 0.3) is 0 Å². The molecule has 2 rings (SSSR count). The molecule has 0 aliphatic carbocycles. The lowest BCUT2D eigenvalue weighted by molar-refractivity contribution is 0.561. The van der Waals surface area contributed by atoms with E-state index in [1.165, 1.54) is 6.07 Å². The number of benzene rings is 2. The molecule has 0 bridgehead atoms. The van der Waals surface area contributed by atoms with Gasteiger partial charge in [-0.15, -0.1) is 0 Å². The van der Waals surface area contributed by atoms with Gasteiger partial charge < -0.3 is 5.73 Å². The second-order valence-electron chi connectivity index (χ2n) is 5.04. The van der Waals surface area contributed by atoms with Crippen LogP contribution in [0.3, 0.4) is 0 Å². The molecule has 2 unspecified atom stereocenters. The standard InChI is InChI=1S/C16H17F2NOS/c1-10-3-4-12(7-11(10)2)15(19)9-21(20)16-6-5-13(17)8-14(16)18/h3-8,15H,9,19H2,1-2H3. The molecular formula is C16H17F2NOS. The molecule has 2 atom stereocenters. The van der Waals surface area contributed by atoms with Crippen molar-refractivity contribution in [1.29, 1.82) is 0 Å². The van der Waals surface area contributed by atoms with Crippen LogP contribution in [0.2, 0.25) is 0 Å². The van der Waals surface area contributed by atoms with Crippen LogP contribution >= 0.6 is 0 Å². The van der Waals surface area contributed by atoms with Crippen LogP contribution in [0.4, 0.5) is 8.78 Å². The zero-order valence-electron chi connectivity index (χ0n) is 11.9. The highest BCUT2D eigenvalue weighted by atomic mass is 32.2. The maximum atomic E-state index is 13.6. The fourth-order valence-corrected chi connectivity index (χ4v) is 3.20. The first-order chi connectivity index (χ1) is 9.88. The predicted octanol–water partition coefficient (Wildman–Crippen LogP) is 3.39. The number of hydrogen-bond acceptors (Lipinski definition) is 2. The van der Waals surface area contributed by atoms with Gasteiger partial charge in [-0.05, 0) is 42.7 Å². The molecule has 0 fully saturated rings. The van der Waals surface area contributed by atoms with Crippen LogP contribution in [-0.2, 0) is 10.8 Å². The van der Waals surface area contributed by atoms with Gasteiger partial charge in [-0.2, -0.15) is 0 Å². The quantitative estimate of drug-likeness (QED) is 0.941. The Labute approximate surface area is 125 Å². The van der Waals surface area contributed by atoms with Gasteiger partial charge in [0.25, 0.3) is 0 Å². The molecular weight excluding hydrogens is 292 g/mol. The lowest BCUT2D eigenvalue weighted by atomic mass is 10.0. The molecule has 0 radical (unpaired) electrons. The molecule has 5 heteroatoms. The van der Waals surface area contributed by atoms with Gasteiger partial charge in [-0.3, -0.25) is 4.21 Å². The molecule has 0 saturated carbocycles. The van der Waals surface area contributed by atoms with Crippen LogP contribution in [0, 0.1) is 25.5 Å². The minimum absolute atomic E-state index is 0.0179. The summed E-state index contributed by atoms with van der Waals surface area (Å²) in [6.45, 7) is 3.97. The molecule has 2 nitrogen and oxygen atoms in total. The predicted molar refractivity (Wildman–Crippen MR) is 80.5 cm³/mol. The summed E-state index contributed by atoms with van der Waals surface area (Å²) in [5.41, 5.74) is 9.15. The van der Waals surface area contributed by atoms with Crippen molar-refractivity contribution in [3.05, 3.63) is 64.7 Å². The summed E-state index contributed by atoms with van der Waals surface area (Å²) >= 11 is 0. The van der Waals surface area contributed by atoms with Gasteiger partial charge in [0.1, 0.15) is 11.6 Å². The Morgan fingerprint density at radius 3 is 2.43 bits per heavy atom. The first kappa shape index (κ1) is 15.8. The smallest absolute Gasteiger partial charge is 0.142 e. The summed E-state index contributed by atoms with van der Waals surface area (Å²) in [5, 5.41) is 0. The van der Waals surface area contributed by atoms with Gasteiger partial charge in [0.15, 0.2) is 0 Å². The van der Waals surface area contributed by atoms with Crippen molar-refractivity contribution in [2.24, 2.45) is 5.73 Å². The fourth-order valence-electron chi connectivity index (χ4n) is 2.00. The fraction of sp³-hybridized carbons (Fsp3) is 0.250. The Bertz CT molecular complexity index is 688. The highest BCUT2D eigenvalue weighted by Gasteiger charge is 2.16. The lowest BCUT2D eigenvalue weighted by Gasteiger charge is -2.14. The second kappa shape index (κ2) is 6.45. The van der Waals surface area contributed by atoms with Crippen molar-refractivity contribution in [1.82, 2.24) is 0 Å². The van der Waals surface area contributed by atoms with E-state index in [0.717, 1.165) is 28.8 Å². The molecule has 0 aromatic heterocycles. The Kier molecular flexibility index (Phi) is 4.85. The largest absolute Gasteiger partial charge is 0.323 e. The molecule has 0 aliphatic heterocycles. The van der Waals surface area contributed by atoms with E-state index in [1.54, 1.807) is 0 Å². The monoisotopic (exact) mass is 309 g/mol. The molecule has 0 spiro atoms. The Hall–Kier alpha value is -1.59. The third-order valence-corrected chi connectivity index (χ3v) is 4.91. The molecule has 0 aliphatic rings. The summed E-state index contributed by atoms with van der Waals surface area (Å²) in [4.78, 5) is -0.0179. The van der Waals surface area contributed by atoms with E-state index in [2.05, 4.69) is 0 Å². The van der Waals surface area contributed by atoms with E-state index in [9.17, 15) is 13.0 Å². The van der Waals surface area contributed by atoms with E-state index < -0.39 is 28.5 Å². The maximum absolute atomic E-state index is 13.6. The molecule has 112 valence electrons. The van der Waals surface area contributed by atoms with Crippen LogP contribution in [0.15, 0.2) is 41.3 Å². The van der Waals surface area contributed by atoms with E-state index >= 15 is 0 Å². The highest BCUT2D eigenvalue weighted by Crippen LogP contribution is 2.20. The minimum Gasteiger partial charge on any atom is -0.323 e. The zero-order chi connectivity index (χ0) is 15.6. The van der Waals surface area contributed by atoms with Gasteiger partial charge in [0, 0.05) is 17.9 Å². The van der Waals surface area contributed by atoms with Gasteiger partial charge in [0.2, 0.25) is 0 Å². The summed E-state index contributed by atoms with van der Waals surface area (Å²) in [5.74, 6) is -1.40. The van der Waals surface area contributed by atoms with Crippen molar-refractivity contribution in [2.45, 2.75) is 24.8 Å². The molecule has 0 amide bonds. The lowest BCUT2D eigenvalue weighted by Crippen LogP contribution is -2.19. The minimum atomic E-state index is -1.61. The number of halogens is 2. The SMILES string of the molecule is Cc1ccc(C(N)CS(=O)c2ccc(F)cc2F)cc1C. The third kappa shape index (κ3) is 3.74. The number of hydrogen-bond donors (Lipinski definition) is 1. The third-order valence-electron chi connectivity index (χ3n) is 3.43. The van der Waals surface area contributed by atoms with Crippen molar-refractivity contribution < 1.29 is 13.0 Å². The van der Waals surface area contributed by atoms with E-state index in [4.69, 9.17) is 5.73 Å². The van der Waals surface area contributed by atoms with Crippen molar-refractivity contribution in [3.63, 3.8) is 0 Å². The van der Waals surface area contributed by atoms with E-state index in [1.807, 2.05) is 32.0 Å². The molecule has 2 N–H and O–H groups in total. The number of aryl methyl sites for hydroxylation is 2. The normalized spacial score (nSPS) is 14.0. The van der Waals surface area contributed by atoms with Crippen LogP contribution in [-0.4, -0.2) is 9.96 Å². The van der Waals surface area contributed by atoms with Crippen molar-refractivity contribution >= 4 is 10.8 Å². The van der Waals surface area contributed by atoms with E-state index in [0.29, 0.717) is 0 Å². The first-order valence-corrected chi connectivity index (χ1v) is 7.86. The molecule has 2 aromatic rings. The molecule has 0 heterocycles. The zero-order valence-corrected chi connectivity index (χ0v) is 12.7. The maximum Gasteiger partial charge on any atom is 0.142 e. The van der Waals surface area contributed by atoms with Crippen molar-refractivity contribution in [2.75, 3.05) is 5.75 Å². The van der Waals surface area contributed by atoms with Gasteiger partial charge in [0.05, 0.1) is 15.7 Å². The summed E-state index contributed by atoms with van der Waals surface area (Å²) in [7, 11) is -1.61. The van der Waals surface area contributed by atoms with Gasteiger partial charge >= 0.3 is 0 Å². The summed E-state index contributed by atoms with van der Waals surface area (Å²) in [6.07, 6.45) is 0.